The van der Waals surface area contributed by atoms with Crippen LogP contribution >= 0.6 is 0 Å². The van der Waals surface area contributed by atoms with Crippen LogP contribution in [0, 0.1) is 28.6 Å². The molecule has 0 radical (unpaired) electrons. The Labute approximate surface area is 189 Å². The minimum Gasteiger partial charge on any atom is -0.393 e. The molecular weight excluding hydrogens is 396 g/mol. The van der Waals surface area contributed by atoms with E-state index in [0.29, 0.717) is 25.7 Å². The van der Waals surface area contributed by atoms with E-state index < -0.39 is 59.0 Å². The van der Waals surface area contributed by atoms with Gasteiger partial charge in [-0.1, -0.05) is 38.8 Å². The highest BCUT2D eigenvalue weighted by Crippen LogP contribution is 2.69. The summed E-state index contributed by atoms with van der Waals surface area (Å²) in [5, 5.41) is 21.8. The minimum atomic E-state index is -3.13. The van der Waals surface area contributed by atoms with E-state index in [1.807, 2.05) is 20.8 Å². The lowest BCUT2D eigenvalue weighted by atomic mass is 9.46. The van der Waals surface area contributed by atoms with E-state index in [4.69, 9.17) is 15.0 Å². The quantitative estimate of drug-likeness (QED) is 0.707. The number of carbonyl (C=O) groups is 2. The number of aliphatic hydroxyl groups excluding tert-OH is 1. The molecule has 6 heteroatoms. The molecule has 0 spiro atoms. The van der Waals surface area contributed by atoms with E-state index in [2.05, 4.69) is 0 Å². The topological polar surface area (TPSA) is 93.1 Å². The van der Waals surface area contributed by atoms with Crippen LogP contribution in [0.5, 0.6) is 0 Å². The summed E-state index contributed by atoms with van der Waals surface area (Å²) in [6, 6.07) is -0.432. The third-order valence-electron chi connectivity index (χ3n) is 9.04. The van der Waals surface area contributed by atoms with Crippen LogP contribution in [0.2, 0.25) is 0 Å². The van der Waals surface area contributed by atoms with Crippen molar-refractivity contribution >= 4 is 11.6 Å². The van der Waals surface area contributed by atoms with Gasteiger partial charge in [0.2, 0.25) is 0 Å². The van der Waals surface area contributed by atoms with Gasteiger partial charge in [-0.3, -0.25) is 9.59 Å². The van der Waals surface area contributed by atoms with Gasteiger partial charge in [-0.05, 0) is 56.1 Å². The number of Topliss-reactive ketones (excluding diaryl/α,β-unsaturated/α-hetero) is 1. The van der Waals surface area contributed by atoms with Crippen LogP contribution in [0.1, 0.15) is 64.8 Å². The predicted octanol–water partition coefficient (Wildman–Crippen LogP) is 2.72. The first kappa shape index (κ1) is 17.2. The first-order valence-electron chi connectivity index (χ1n) is 13.5. The highest BCUT2D eigenvalue weighted by Gasteiger charge is 2.75. The predicted molar refractivity (Wildman–Crippen MR) is 113 cm³/mol. The molecule has 5 aliphatic rings. The second-order valence-electron chi connectivity index (χ2n) is 10.4. The zero-order valence-electron chi connectivity index (χ0n) is 22.3. The molecule has 6 nitrogen and oxygen atoms in total. The third-order valence-corrected chi connectivity index (χ3v) is 9.04. The molecule has 0 aromatic carbocycles. The van der Waals surface area contributed by atoms with Gasteiger partial charge in [0, 0.05) is 16.7 Å². The van der Waals surface area contributed by atoms with Crippen LogP contribution in [0.3, 0.4) is 0 Å². The molecule has 9 atom stereocenters. The highest BCUT2D eigenvalue weighted by molar-refractivity contribution is 6.01. The second-order valence-corrected chi connectivity index (χ2v) is 10.4. The van der Waals surface area contributed by atoms with Crippen molar-refractivity contribution in [3.63, 3.8) is 0 Å². The van der Waals surface area contributed by atoms with Crippen molar-refractivity contribution in [1.29, 1.82) is 0 Å². The van der Waals surface area contributed by atoms with Crippen molar-refractivity contribution in [3.8, 4) is 0 Å². The number of ether oxygens (including phenoxy) is 2. The van der Waals surface area contributed by atoms with Gasteiger partial charge in [-0.15, -0.1) is 0 Å². The lowest BCUT2D eigenvalue weighted by Crippen LogP contribution is -2.63. The fourth-order valence-electron chi connectivity index (χ4n) is 7.79. The number of allylic oxidation sites excluding steroid dienone is 4. The van der Waals surface area contributed by atoms with E-state index in [-0.39, 0.29) is 30.4 Å². The number of rotatable bonds is 4. The van der Waals surface area contributed by atoms with Crippen LogP contribution in [0.4, 0.5) is 0 Å². The second kappa shape index (κ2) is 7.08. The van der Waals surface area contributed by atoms with E-state index in [0.717, 1.165) is 12.0 Å². The largest absolute Gasteiger partial charge is 0.393 e. The molecule has 1 unspecified atom stereocenters. The van der Waals surface area contributed by atoms with E-state index in [1.54, 1.807) is 0 Å². The smallest absolute Gasteiger partial charge is 0.193 e. The zero-order chi connectivity index (χ0) is 25.7. The standard InChI is InChI=1S/C25H34O6/c1-4-5-21-30-20-11-17-16-7-6-14-10-15(27)8-9-23(14,2)22(16)18(28)12-24(17,3)25(20,31-21)19(29)13-26/h8-10,16-18,20-22,26,28H,4-7,11-13H2,1-3H3/t16-,17-,18-,20+,21?,22+,23-,24-,25+/m0/s1/i8D,9D,13D2. The lowest BCUT2D eigenvalue weighted by Gasteiger charge is -2.59. The summed E-state index contributed by atoms with van der Waals surface area (Å²) in [5.41, 5.74) is -2.95. The molecule has 1 aliphatic heterocycles. The maximum Gasteiger partial charge on any atom is 0.193 e. The Morgan fingerprint density at radius 2 is 2.19 bits per heavy atom. The van der Waals surface area contributed by atoms with Gasteiger partial charge in [0.05, 0.1) is 17.7 Å². The molecule has 3 saturated carbocycles. The van der Waals surface area contributed by atoms with Gasteiger partial charge in [0.1, 0.15) is 6.56 Å². The molecule has 1 heterocycles. The van der Waals surface area contributed by atoms with E-state index >= 15 is 0 Å². The van der Waals surface area contributed by atoms with Gasteiger partial charge >= 0.3 is 0 Å². The Morgan fingerprint density at radius 1 is 1.42 bits per heavy atom. The van der Waals surface area contributed by atoms with Crippen LogP contribution in [-0.4, -0.2) is 52.4 Å². The summed E-state index contributed by atoms with van der Waals surface area (Å²) in [5.74, 6) is -2.35. The van der Waals surface area contributed by atoms with Crippen LogP contribution in [-0.2, 0) is 19.1 Å². The van der Waals surface area contributed by atoms with Crippen molar-refractivity contribution in [3.05, 3.63) is 23.8 Å². The third kappa shape index (κ3) is 2.65. The molecule has 4 fully saturated rings. The molecule has 31 heavy (non-hydrogen) atoms. The minimum absolute atomic E-state index is 0.0801. The van der Waals surface area contributed by atoms with Crippen molar-refractivity contribution in [2.45, 2.75) is 83.4 Å². The number of hydrogen-bond acceptors (Lipinski definition) is 6. The Bertz CT molecular complexity index is 1040. The first-order valence-corrected chi connectivity index (χ1v) is 11.5. The average molecular weight is 435 g/mol. The van der Waals surface area contributed by atoms with Crippen molar-refractivity contribution in [2.75, 3.05) is 6.56 Å². The van der Waals surface area contributed by atoms with E-state index in [1.165, 1.54) is 6.08 Å². The summed E-state index contributed by atoms with van der Waals surface area (Å²) in [4.78, 5) is 25.8. The fraction of sp³-hybridized carbons (Fsp3) is 0.760. The summed E-state index contributed by atoms with van der Waals surface area (Å²) in [7, 11) is 0. The van der Waals surface area contributed by atoms with Crippen molar-refractivity contribution in [1.82, 2.24) is 0 Å². The summed E-state index contributed by atoms with van der Waals surface area (Å²) < 4.78 is 45.0. The zero-order valence-corrected chi connectivity index (χ0v) is 18.3. The molecule has 0 bridgehead atoms. The highest BCUT2D eigenvalue weighted by atomic mass is 16.7. The first-order chi connectivity index (χ1) is 16.2. The van der Waals surface area contributed by atoms with Crippen LogP contribution < -0.4 is 0 Å². The SMILES string of the molecule is [2H]C1=C([2H])[C@@]2(C)C(=CC1=O)CC[C@@H]1[C@@H]2[C@@H](O)C[C@@]2(C)[C@H]1C[C@H]1OC(CCC)O[C@]12C(=O)C([2H])([2H])O. The Hall–Kier alpha value is -1.34. The molecular formula is C25H34O6. The molecule has 1 saturated heterocycles. The Kier molecular flexibility index (Phi) is 3.92. The van der Waals surface area contributed by atoms with Crippen LogP contribution in [0.15, 0.2) is 23.8 Å². The maximum absolute atomic E-state index is 13.5. The Balaban J connectivity index is 1.61. The molecule has 2 N–H and O–H groups in total. The molecule has 0 amide bonds. The Morgan fingerprint density at radius 3 is 2.90 bits per heavy atom. The molecule has 4 aliphatic carbocycles. The van der Waals surface area contributed by atoms with Crippen molar-refractivity contribution in [2.24, 2.45) is 28.6 Å². The monoisotopic (exact) mass is 434 g/mol. The average Bonchev–Trinajstić information content (AvgIpc) is 3.24. The number of carbonyl (C=O) groups excluding carboxylic acids is 2. The number of ketones is 2. The normalized spacial score (nSPS) is 53.3. The molecule has 5 rings (SSSR count). The lowest BCUT2D eigenvalue weighted by molar-refractivity contribution is -0.200. The molecule has 170 valence electrons. The molecule has 0 aromatic rings. The summed E-state index contributed by atoms with van der Waals surface area (Å²) >= 11 is 0. The number of hydrogen-bond donors (Lipinski definition) is 2. The van der Waals surface area contributed by atoms with Gasteiger partial charge in [0.15, 0.2) is 23.5 Å². The van der Waals surface area contributed by atoms with Gasteiger partial charge in [-0.2, -0.15) is 0 Å². The maximum atomic E-state index is 13.5. The fourth-order valence-corrected chi connectivity index (χ4v) is 7.79. The van der Waals surface area contributed by atoms with E-state index in [9.17, 15) is 19.8 Å². The van der Waals surface area contributed by atoms with Gasteiger partial charge in [0.25, 0.3) is 0 Å². The number of aliphatic hydroxyl groups is 2. The molecule has 0 aromatic heterocycles. The summed E-state index contributed by atoms with van der Waals surface area (Å²) in [6.45, 7) is 2.50. The van der Waals surface area contributed by atoms with Gasteiger partial charge in [-0.25, -0.2) is 0 Å². The summed E-state index contributed by atoms with van der Waals surface area (Å²) in [6.07, 6.45) is 1.93. The van der Waals surface area contributed by atoms with Crippen LogP contribution in [0.25, 0.3) is 0 Å². The van der Waals surface area contributed by atoms with Crippen molar-refractivity contribution < 1.29 is 34.8 Å². The number of fused-ring (bicyclic) bond motifs is 7. The van der Waals surface area contributed by atoms with Gasteiger partial charge < -0.3 is 19.7 Å².